The lowest BCUT2D eigenvalue weighted by atomic mass is 9.80. The Balaban J connectivity index is 1.11. The molecule has 3 aliphatic heterocycles. The quantitative estimate of drug-likeness (QED) is 0.212. The van der Waals surface area contributed by atoms with Gasteiger partial charge in [0.2, 0.25) is 15.9 Å². The minimum Gasteiger partial charge on any atom is -0.497 e. The van der Waals surface area contributed by atoms with Crippen molar-refractivity contribution in [2.24, 2.45) is 5.92 Å². The second kappa shape index (κ2) is 12.4. The van der Waals surface area contributed by atoms with Crippen molar-refractivity contribution in [3.05, 3.63) is 89.0 Å². The number of sulfonamides is 1. The molecule has 3 aromatic carbocycles. The van der Waals surface area contributed by atoms with Gasteiger partial charge in [0.05, 0.1) is 23.6 Å². The highest BCUT2D eigenvalue weighted by Gasteiger charge is 2.68. The molecule has 3 aliphatic carbocycles. The van der Waals surface area contributed by atoms with Gasteiger partial charge in [0.15, 0.2) is 0 Å². The number of benzene rings is 3. The van der Waals surface area contributed by atoms with Crippen LogP contribution in [0.5, 0.6) is 5.75 Å². The first-order valence-electron chi connectivity index (χ1n) is 19.8. The van der Waals surface area contributed by atoms with Crippen molar-refractivity contribution in [2.45, 2.75) is 99.4 Å². The largest absolute Gasteiger partial charge is 0.497 e. The van der Waals surface area contributed by atoms with Crippen LogP contribution in [0.2, 0.25) is 0 Å². The van der Waals surface area contributed by atoms with E-state index in [0.717, 1.165) is 92.6 Å². The summed E-state index contributed by atoms with van der Waals surface area (Å²) in [7, 11) is -2.02. The lowest BCUT2D eigenvalue weighted by Gasteiger charge is -2.41. The first kappa shape index (κ1) is 33.4. The molecule has 1 N–H and O–H groups in total. The molecule has 0 radical (unpaired) electrons. The highest BCUT2D eigenvalue weighted by atomic mass is 32.2. The van der Waals surface area contributed by atoms with E-state index in [1.54, 1.807) is 13.2 Å². The highest BCUT2D eigenvalue weighted by Crippen LogP contribution is 2.67. The molecule has 276 valence electrons. The van der Waals surface area contributed by atoms with Crippen LogP contribution in [0.3, 0.4) is 0 Å². The minimum atomic E-state index is -3.72. The fourth-order valence-corrected chi connectivity index (χ4v) is 12.0. The number of fused-ring (bicyclic) bond motifs is 9. The molecule has 5 fully saturated rings. The summed E-state index contributed by atoms with van der Waals surface area (Å²) in [5.41, 5.74) is 6.32. The van der Waals surface area contributed by atoms with Crippen LogP contribution < -0.4 is 9.46 Å². The summed E-state index contributed by atoms with van der Waals surface area (Å²) in [6.45, 7) is 3.49. The average Bonchev–Trinajstić information content (AvgIpc) is 4.10. The van der Waals surface area contributed by atoms with E-state index in [-0.39, 0.29) is 17.9 Å². The third kappa shape index (κ3) is 5.37. The number of carbonyl (C=O) groups excluding carboxylic acids is 2. The van der Waals surface area contributed by atoms with Crippen molar-refractivity contribution in [1.29, 1.82) is 0 Å². The molecule has 3 saturated carbocycles. The van der Waals surface area contributed by atoms with Gasteiger partial charge in [0, 0.05) is 54.7 Å². The van der Waals surface area contributed by atoms with E-state index < -0.39 is 26.7 Å². The van der Waals surface area contributed by atoms with Gasteiger partial charge in [-0.25, -0.2) is 13.1 Å². The molecule has 2 amide bonds. The fraction of sp³-hybridized carbons (Fsp3) is 0.488. The molecular formula is C43H48N4O5S. The topological polar surface area (TPSA) is 101 Å². The number of ether oxygens (including phenoxy) is 1. The van der Waals surface area contributed by atoms with Gasteiger partial charge in [-0.1, -0.05) is 55.7 Å². The van der Waals surface area contributed by atoms with Gasteiger partial charge in [-0.15, -0.1) is 0 Å². The molecular weight excluding hydrogens is 685 g/mol. The van der Waals surface area contributed by atoms with E-state index >= 15 is 4.79 Å². The maximum absolute atomic E-state index is 15.7. The number of nitrogens with zero attached hydrogens (tertiary/aromatic N) is 3. The smallest absolute Gasteiger partial charge is 0.264 e. The number of aromatic nitrogens is 1. The lowest BCUT2D eigenvalue weighted by Crippen LogP contribution is -2.54. The van der Waals surface area contributed by atoms with Crippen molar-refractivity contribution in [1.82, 2.24) is 19.1 Å². The molecule has 9 nitrogen and oxygen atoms in total. The predicted octanol–water partition coefficient (Wildman–Crippen LogP) is 6.91. The summed E-state index contributed by atoms with van der Waals surface area (Å²) >= 11 is 0. The standard InChI is InChI=1S/C43H48N4O5S/c1-52-31-15-19-33-35(22-31)36-23-43(36,42(49)46-20-8-13-30-25-45(26-38(30)46)24-27-9-4-2-5-10-27)47-37-21-29(41(48)44-53(50,51)32-16-17-32)14-18-34(37)39(40(33)47)28-11-6-3-7-12-28/h2,4-5,9-10,14-15,18-19,21-22,28,30,32,36,38H,3,6-8,11-13,16-17,20,23-26H2,1H3,(H,44,48)/t30-,36?,38+,43?/m0/s1. The van der Waals surface area contributed by atoms with Crippen LogP contribution in [0.1, 0.15) is 103 Å². The first-order valence-corrected chi connectivity index (χ1v) is 21.3. The summed E-state index contributed by atoms with van der Waals surface area (Å²) < 4.78 is 36.2. The Morgan fingerprint density at radius 2 is 1.72 bits per heavy atom. The van der Waals surface area contributed by atoms with E-state index in [4.69, 9.17) is 4.74 Å². The zero-order valence-corrected chi connectivity index (χ0v) is 31.2. The molecule has 10 rings (SSSR count). The van der Waals surface area contributed by atoms with Gasteiger partial charge in [-0.05, 0) is 104 Å². The van der Waals surface area contributed by atoms with Gasteiger partial charge in [-0.2, -0.15) is 0 Å². The minimum absolute atomic E-state index is 0.0302. The van der Waals surface area contributed by atoms with Crippen molar-refractivity contribution in [3.63, 3.8) is 0 Å². The molecule has 4 aromatic rings. The number of rotatable bonds is 8. The molecule has 0 bridgehead atoms. The molecule has 4 heterocycles. The second-order valence-electron chi connectivity index (χ2n) is 16.6. The van der Waals surface area contributed by atoms with Crippen LogP contribution in [0, 0.1) is 5.92 Å². The van der Waals surface area contributed by atoms with Crippen molar-refractivity contribution < 1.29 is 22.7 Å². The number of hydrogen-bond donors (Lipinski definition) is 1. The molecule has 2 unspecified atom stereocenters. The van der Waals surface area contributed by atoms with Crippen LogP contribution in [0.15, 0.2) is 66.7 Å². The van der Waals surface area contributed by atoms with E-state index in [1.807, 2.05) is 18.2 Å². The van der Waals surface area contributed by atoms with Gasteiger partial charge in [-0.3, -0.25) is 14.5 Å². The lowest BCUT2D eigenvalue weighted by molar-refractivity contribution is -0.140. The summed E-state index contributed by atoms with van der Waals surface area (Å²) in [5, 5.41) is 0.574. The molecule has 0 spiro atoms. The van der Waals surface area contributed by atoms with Crippen LogP contribution in [0.4, 0.5) is 0 Å². The third-order valence-electron chi connectivity index (χ3n) is 13.4. The van der Waals surface area contributed by atoms with Crippen molar-refractivity contribution in [3.8, 4) is 17.0 Å². The molecule has 4 atom stereocenters. The van der Waals surface area contributed by atoms with Crippen LogP contribution in [-0.2, 0) is 26.9 Å². The molecule has 1 aromatic heterocycles. The zero-order chi connectivity index (χ0) is 36.1. The number of likely N-dealkylation sites (tertiary alicyclic amines) is 2. The number of carbonyl (C=O) groups is 2. The monoisotopic (exact) mass is 732 g/mol. The van der Waals surface area contributed by atoms with Crippen molar-refractivity contribution >= 4 is 32.7 Å². The number of piperidine rings is 1. The Morgan fingerprint density at radius 3 is 2.49 bits per heavy atom. The van der Waals surface area contributed by atoms with Gasteiger partial charge >= 0.3 is 0 Å². The molecule has 53 heavy (non-hydrogen) atoms. The Labute approximate surface area is 311 Å². The third-order valence-corrected chi connectivity index (χ3v) is 15.3. The van der Waals surface area contributed by atoms with E-state index in [2.05, 4.69) is 61.6 Å². The molecule has 2 saturated heterocycles. The Kier molecular flexibility index (Phi) is 7.85. The normalized spacial score (nSPS) is 26.7. The van der Waals surface area contributed by atoms with Gasteiger partial charge in [0.25, 0.3) is 5.91 Å². The van der Waals surface area contributed by atoms with Crippen LogP contribution >= 0.6 is 0 Å². The fourth-order valence-electron chi connectivity index (χ4n) is 10.7. The molecule has 10 heteroatoms. The second-order valence-corrected chi connectivity index (χ2v) is 18.6. The maximum atomic E-state index is 15.7. The predicted molar refractivity (Wildman–Crippen MR) is 204 cm³/mol. The van der Waals surface area contributed by atoms with E-state index in [1.165, 1.54) is 23.1 Å². The maximum Gasteiger partial charge on any atom is 0.264 e. The Hall–Kier alpha value is -4.15. The van der Waals surface area contributed by atoms with Crippen molar-refractivity contribution in [2.75, 3.05) is 26.7 Å². The summed E-state index contributed by atoms with van der Waals surface area (Å²) in [5.74, 6) is 1.11. The average molecular weight is 733 g/mol. The molecule has 6 aliphatic rings. The van der Waals surface area contributed by atoms with Gasteiger partial charge in [0.1, 0.15) is 11.3 Å². The summed E-state index contributed by atoms with van der Waals surface area (Å²) in [6.07, 6.45) is 9.67. The number of hydrogen-bond acceptors (Lipinski definition) is 6. The Morgan fingerprint density at radius 1 is 0.906 bits per heavy atom. The highest BCUT2D eigenvalue weighted by molar-refractivity contribution is 7.91. The van der Waals surface area contributed by atoms with E-state index in [9.17, 15) is 13.2 Å². The Bertz CT molecular complexity index is 2240. The first-order chi connectivity index (χ1) is 25.8. The van der Waals surface area contributed by atoms with Crippen LogP contribution in [0.25, 0.3) is 22.2 Å². The van der Waals surface area contributed by atoms with Gasteiger partial charge < -0.3 is 14.2 Å². The van der Waals surface area contributed by atoms with E-state index in [0.29, 0.717) is 36.7 Å². The number of nitrogens with one attached hydrogen (secondary N) is 1. The summed E-state index contributed by atoms with van der Waals surface area (Å²) in [4.78, 5) is 34.1. The number of methoxy groups -OCH3 is 1. The number of amides is 2. The van der Waals surface area contributed by atoms with Crippen LogP contribution in [-0.4, -0.2) is 72.6 Å². The zero-order valence-electron chi connectivity index (χ0n) is 30.4. The summed E-state index contributed by atoms with van der Waals surface area (Å²) in [6, 6.07) is 22.8. The SMILES string of the molecule is COc1ccc2c(c1)C1CC1(C(=O)N1CCC[C@H]3CN(Cc4ccccc4)C[C@H]31)n1c-2c(C2CCCCC2)c2ccc(C(=O)NS(=O)(=O)C3CC3)cc21.